The Morgan fingerprint density at radius 2 is 0.809 bits per heavy atom. The first kappa shape index (κ1) is 38.7. The lowest BCUT2D eigenvalue weighted by molar-refractivity contribution is 0.730. The minimum absolute atomic E-state index is 0.339. The van der Waals surface area contributed by atoms with Gasteiger partial charge in [-0.15, -0.1) is 0 Å². The Labute approximate surface area is 395 Å². The zero-order valence-electron chi connectivity index (χ0n) is 37.5. The molecule has 1 atom stereocenters. The van der Waals surface area contributed by atoms with Gasteiger partial charge in [0, 0.05) is 22.4 Å². The monoisotopic (exact) mass is 863 g/mol. The van der Waals surface area contributed by atoms with Gasteiger partial charge >= 0.3 is 0 Å². The Bertz CT molecular complexity index is 4130. The second-order valence-electron chi connectivity index (χ2n) is 18.8. The number of hydrogen-bond donors (Lipinski definition) is 0. The van der Waals surface area contributed by atoms with Crippen LogP contribution in [0, 0.1) is 0 Å². The van der Waals surface area contributed by atoms with Crippen LogP contribution in [0.4, 0.5) is 0 Å². The van der Waals surface area contributed by atoms with E-state index in [-0.39, 0.29) is 0 Å². The normalized spacial score (nSPS) is 13.3. The van der Waals surface area contributed by atoms with Crippen molar-refractivity contribution < 1.29 is 0 Å². The van der Waals surface area contributed by atoms with Crippen molar-refractivity contribution in [3.8, 4) is 50.2 Å². The van der Waals surface area contributed by atoms with Gasteiger partial charge in [0.25, 0.3) is 0 Å². The summed E-state index contributed by atoms with van der Waals surface area (Å²) in [6, 6.07) is 90.6. The SMILES string of the molecule is c1ccc2cc(-c3ccc4c(c3)-c3c(ccc5ccccc35)C4CCc3ccc(-c4ccc(-n5c6ccc(-c7ccc8ccccc8c7)cc6c6c7ccccc7ccc65)cc4)cc3)ccc2c1. The molecule has 1 aliphatic carbocycles. The summed E-state index contributed by atoms with van der Waals surface area (Å²) in [5.41, 5.74) is 18.1. The first-order valence-electron chi connectivity index (χ1n) is 24.0. The topological polar surface area (TPSA) is 4.93 Å². The van der Waals surface area contributed by atoms with E-state index in [4.69, 9.17) is 0 Å². The molecule has 1 heterocycles. The van der Waals surface area contributed by atoms with Crippen LogP contribution < -0.4 is 0 Å². The van der Waals surface area contributed by atoms with Crippen molar-refractivity contribution in [3.63, 3.8) is 0 Å². The molecule has 0 spiro atoms. The zero-order chi connectivity index (χ0) is 44.7. The van der Waals surface area contributed by atoms with Crippen molar-refractivity contribution in [3.05, 3.63) is 259 Å². The van der Waals surface area contributed by atoms with Crippen molar-refractivity contribution in [1.29, 1.82) is 0 Å². The number of aryl methyl sites for hydroxylation is 1. The van der Waals surface area contributed by atoms with Gasteiger partial charge in [0.1, 0.15) is 0 Å². The highest BCUT2D eigenvalue weighted by Crippen LogP contribution is 2.51. The van der Waals surface area contributed by atoms with Gasteiger partial charge in [-0.05, 0) is 166 Å². The van der Waals surface area contributed by atoms with Crippen LogP contribution in [-0.2, 0) is 6.42 Å². The molecule has 1 aromatic heterocycles. The third kappa shape index (κ3) is 6.31. The third-order valence-electron chi connectivity index (χ3n) is 15.0. The number of aromatic nitrogens is 1. The largest absolute Gasteiger partial charge is 0.309 e. The van der Waals surface area contributed by atoms with Gasteiger partial charge in [-0.3, -0.25) is 0 Å². The van der Waals surface area contributed by atoms with E-state index in [0.717, 1.165) is 18.5 Å². The Hall–Kier alpha value is -8.52. The summed E-state index contributed by atoms with van der Waals surface area (Å²) in [7, 11) is 0. The first-order chi connectivity index (χ1) is 33.7. The van der Waals surface area contributed by atoms with Crippen LogP contribution in [0.3, 0.4) is 0 Å². The molecule has 0 bridgehead atoms. The summed E-state index contributed by atoms with van der Waals surface area (Å²) in [6.07, 6.45) is 2.06. The number of fused-ring (bicyclic) bond motifs is 12. The summed E-state index contributed by atoms with van der Waals surface area (Å²) >= 11 is 0. The lowest BCUT2D eigenvalue weighted by Gasteiger charge is -2.15. The van der Waals surface area contributed by atoms with Crippen molar-refractivity contribution in [1.82, 2.24) is 4.57 Å². The average molecular weight is 864 g/mol. The second kappa shape index (κ2) is 15.5. The molecule has 0 saturated heterocycles. The summed E-state index contributed by atoms with van der Waals surface area (Å²) in [6.45, 7) is 0. The van der Waals surface area contributed by atoms with Crippen LogP contribution in [0.5, 0.6) is 0 Å². The van der Waals surface area contributed by atoms with Gasteiger partial charge in [0.05, 0.1) is 11.0 Å². The van der Waals surface area contributed by atoms with Crippen LogP contribution in [0.25, 0.3) is 115 Å². The van der Waals surface area contributed by atoms with Gasteiger partial charge in [0.15, 0.2) is 0 Å². The van der Waals surface area contributed by atoms with Gasteiger partial charge < -0.3 is 4.57 Å². The highest BCUT2D eigenvalue weighted by molar-refractivity contribution is 6.22. The Morgan fingerprint density at radius 1 is 0.324 bits per heavy atom. The van der Waals surface area contributed by atoms with E-state index in [0.29, 0.717) is 5.92 Å². The average Bonchev–Trinajstić information content (AvgIpc) is 3.92. The molecule has 12 aromatic carbocycles. The molecule has 0 radical (unpaired) electrons. The van der Waals surface area contributed by atoms with E-state index in [1.54, 1.807) is 0 Å². The second-order valence-corrected chi connectivity index (χ2v) is 18.8. The molecule has 1 heteroatoms. The lowest BCUT2D eigenvalue weighted by Crippen LogP contribution is -1.99. The van der Waals surface area contributed by atoms with E-state index in [9.17, 15) is 0 Å². The predicted molar refractivity (Wildman–Crippen MR) is 289 cm³/mol. The fourth-order valence-corrected chi connectivity index (χ4v) is 11.6. The maximum Gasteiger partial charge on any atom is 0.0547 e. The quantitative estimate of drug-likeness (QED) is 0.150. The van der Waals surface area contributed by atoms with E-state index in [1.807, 2.05) is 0 Å². The van der Waals surface area contributed by atoms with Crippen LogP contribution in [0.2, 0.25) is 0 Å². The van der Waals surface area contributed by atoms with E-state index in [2.05, 4.69) is 247 Å². The number of nitrogens with zero attached hydrogens (tertiary/aromatic N) is 1. The summed E-state index contributed by atoms with van der Waals surface area (Å²) < 4.78 is 2.44. The van der Waals surface area contributed by atoms with Crippen molar-refractivity contribution in [2.45, 2.75) is 18.8 Å². The Kier molecular flexibility index (Phi) is 8.85. The number of hydrogen-bond acceptors (Lipinski definition) is 0. The summed E-state index contributed by atoms with van der Waals surface area (Å²) in [5, 5.41) is 12.8. The molecule has 318 valence electrons. The fraction of sp³-hybridized carbons (Fsp3) is 0.0448. The first-order valence-corrected chi connectivity index (χ1v) is 24.0. The van der Waals surface area contributed by atoms with Crippen molar-refractivity contribution in [2.75, 3.05) is 0 Å². The summed E-state index contributed by atoms with van der Waals surface area (Å²) in [5.74, 6) is 0.339. The van der Waals surface area contributed by atoms with E-state index >= 15 is 0 Å². The minimum Gasteiger partial charge on any atom is -0.309 e. The standard InChI is InChI=1S/C67H45N/c1-3-13-50-39-52(24-22-44(50)9-1)54-29-35-60-59(61-36-28-48-11-5-7-15-57(48)66(61)62(60)41-54)34-19-43-17-20-46(21-18-43)47-26-32-56(33-27-47)68-64-37-31-55(53-25-23-45-10-2-4-14-51(45)40-53)42-63(64)67-58-16-8-6-12-49(58)30-38-65(67)68/h1-18,20-33,35-42,59H,19,34H2. The molecule has 13 aromatic rings. The highest BCUT2D eigenvalue weighted by atomic mass is 15.0. The molecular formula is C67H45N. The third-order valence-corrected chi connectivity index (χ3v) is 15.0. The molecule has 1 unspecified atom stereocenters. The minimum atomic E-state index is 0.339. The number of benzene rings is 12. The molecule has 0 aliphatic heterocycles. The molecule has 0 saturated carbocycles. The van der Waals surface area contributed by atoms with Gasteiger partial charge in [0.2, 0.25) is 0 Å². The molecule has 68 heavy (non-hydrogen) atoms. The van der Waals surface area contributed by atoms with Gasteiger partial charge in [-0.1, -0.05) is 194 Å². The van der Waals surface area contributed by atoms with Crippen molar-refractivity contribution in [2.24, 2.45) is 0 Å². The molecule has 14 rings (SSSR count). The zero-order valence-corrected chi connectivity index (χ0v) is 37.5. The maximum absolute atomic E-state index is 2.46. The molecular weight excluding hydrogens is 819 g/mol. The molecule has 1 nitrogen and oxygen atoms in total. The van der Waals surface area contributed by atoms with Crippen LogP contribution in [0.15, 0.2) is 243 Å². The molecule has 0 amide bonds. The molecule has 1 aliphatic rings. The van der Waals surface area contributed by atoms with Crippen molar-refractivity contribution >= 4 is 64.9 Å². The molecule has 0 N–H and O–H groups in total. The number of rotatable bonds is 7. The fourth-order valence-electron chi connectivity index (χ4n) is 11.6. The van der Waals surface area contributed by atoms with Crippen LogP contribution in [-0.4, -0.2) is 4.57 Å². The van der Waals surface area contributed by atoms with E-state index < -0.39 is 0 Å². The Balaban J connectivity index is 0.764. The van der Waals surface area contributed by atoms with Crippen LogP contribution >= 0.6 is 0 Å². The van der Waals surface area contributed by atoms with Gasteiger partial charge in [-0.25, -0.2) is 0 Å². The Morgan fingerprint density at radius 3 is 1.51 bits per heavy atom. The van der Waals surface area contributed by atoms with Gasteiger partial charge in [-0.2, -0.15) is 0 Å². The molecule has 0 fully saturated rings. The predicted octanol–water partition coefficient (Wildman–Crippen LogP) is 18.1. The van der Waals surface area contributed by atoms with Crippen LogP contribution in [0.1, 0.15) is 29.0 Å². The smallest absolute Gasteiger partial charge is 0.0547 e. The maximum atomic E-state index is 2.46. The van der Waals surface area contributed by atoms with E-state index in [1.165, 1.54) is 126 Å². The summed E-state index contributed by atoms with van der Waals surface area (Å²) in [4.78, 5) is 0. The highest BCUT2D eigenvalue weighted by Gasteiger charge is 2.30. The lowest BCUT2D eigenvalue weighted by atomic mass is 9.89.